The first-order valence-corrected chi connectivity index (χ1v) is 4.98. The fourth-order valence-corrected chi connectivity index (χ4v) is 1.39. The summed E-state index contributed by atoms with van der Waals surface area (Å²) in [7, 11) is 3.36. The van der Waals surface area contributed by atoms with E-state index in [0.717, 1.165) is 11.1 Å². The molecule has 1 heterocycles. The molecule has 2 aromatic rings. The lowest BCUT2D eigenvalue weighted by molar-refractivity contribution is -0.119. The SMILES string of the molecule is CNC(=O)CN(C)c1nc2ccccc2o1. The molecule has 0 unspecified atom stereocenters. The largest absolute Gasteiger partial charge is 0.423 e. The van der Waals surface area contributed by atoms with E-state index < -0.39 is 0 Å². The normalized spacial score (nSPS) is 10.4. The molecule has 1 aromatic carbocycles. The lowest BCUT2D eigenvalue weighted by Crippen LogP contribution is -2.33. The molecule has 0 aliphatic carbocycles. The van der Waals surface area contributed by atoms with Crippen molar-refractivity contribution in [2.45, 2.75) is 0 Å². The zero-order chi connectivity index (χ0) is 11.5. The third-order valence-corrected chi connectivity index (χ3v) is 2.27. The molecular formula is C11H13N3O2. The molecule has 16 heavy (non-hydrogen) atoms. The summed E-state index contributed by atoms with van der Waals surface area (Å²) in [6, 6.07) is 7.95. The predicted molar refractivity (Wildman–Crippen MR) is 61.3 cm³/mol. The topological polar surface area (TPSA) is 58.4 Å². The minimum atomic E-state index is -0.0789. The number of nitrogens with one attached hydrogen (secondary N) is 1. The average Bonchev–Trinajstić information content (AvgIpc) is 2.72. The first kappa shape index (κ1) is 10.5. The van der Waals surface area contributed by atoms with Gasteiger partial charge >= 0.3 is 0 Å². The Balaban J connectivity index is 2.23. The van der Waals surface area contributed by atoms with Crippen LogP contribution in [0.1, 0.15) is 0 Å². The van der Waals surface area contributed by atoms with Crippen LogP contribution in [-0.2, 0) is 4.79 Å². The second kappa shape index (κ2) is 4.22. The molecule has 0 radical (unpaired) electrons. The van der Waals surface area contributed by atoms with Gasteiger partial charge in [-0.3, -0.25) is 4.79 Å². The number of nitrogens with zero attached hydrogens (tertiary/aromatic N) is 2. The highest BCUT2D eigenvalue weighted by Crippen LogP contribution is 2.20. The minimum Gasteiger partial charge on any atom is -0.423 e. The van der Waals surface area contributed by atoms with Crippen molar-refractivity contribution in [3.63, 3.8) is 0 Å². The molecular weight excluding hydrogens is 206 g/mol. The maximum absolute atomic E-state index is 11.2. The summed E-state index contributed by atoms with van der Waals surface area (Å²) in [5.74, 6) is -0.0789. The molecule has 0 atom stereocenters. The van der Waals surface area contributed by atoms with Crippen molar-refractivity contribution in [1.29, 1.82) is 0 Å². The van der Waals surface area contributed by atoms with E-state index in [-0.39, 0.29) is 12.5 Å². The molecule has 0 saturated carbocycles. The van der Waals surface area contributed by atoms with E-state index in [1.165, 1.54) is 0 Å². The van der Waals surface area contributed by atoms with Gasteiger partial charge in [-0.1, -0.05) is 12.1 Å². The average molecular weight is 219 g/mol. The summed E-state index contributed by atoms with van der Waals surface area (Å²) in [5, 5.41) is 2.55. The number of oxazole rings is 1. The van der Waals surface area contributed by atoms with E-state index in [2.05, 4.69) is 10.3 Å². The van der Waals surface area contributed by atoms with Gasteiger partial charge in [-0.25, -0.2) is 0 Å². The predicted octanol–water partition coefficient (Wildman–Crippen LogP) is 1.01. The molecule has 1 amide bonds. The van der Waals surface area contributed by atoms with E-state index in [1.54, 1.807) is 19.0 Å². The number of amides is 1. The zero-order valence-electron chi connectivity index (χ0n) is 9.23. The zero-order valence-corrected chi connectivity index (χ0v) is 9.23. The fourth-order valence-electron chi connectivity index (χ4n) is 1.39. The number of likely N-dealkylation sites (N-methyl/N-ethyl adjacent to an activating group) is 2. The molecule has 1 N–H and O–H groups in total. The smallest absolute Gasteiger partial charge is 0.298 e. The minimum absolute atomic E-state index is 0.0789. The number of hydrogen-bond donors (Lipinski definition) is 1. The van der Waals surface area contributed by atoms with Gasteiger partial charge in [0.25, 0.3) is 6.01 Å². The molecule has 1 aromatic heterocycles. The first-order chi connectivity index (χ1) is 7.70. The molecule has 5 heteroatoms. The highest BCUT2D eigenvalue weighted by Gasteiger charge is 2.12. The number of hydrogen-bond acceptors (Lipinski definition) is 4. The quantitative estimate of drug-likeness (QED) is 0.837. The Hall–Kier alpha value is -2.04. The van der Waals surface area contributed by atoms with E-state index in [0.29, 0.717) is 6.01 Å². The summed E-state index contributed by atoms with van der Waals surface area (Å²) in [6.07, 6.45) is 0. The monoisotopic (exact) mass is 219 g/mol. The number of anilines is 1. The third-order valence-electron chi connectivity index (χ3n) is 2.27. The Morgan fingerprint density at radius 2 is 2.25 bits per heavy atom. The number of rotatable bonds is 3. The van der Waals surface area contributed by atoms with Gasteiger partial charge in [0.2, 0.25) is 5.91 Å². The van der Waals surface area contributed by atoms with Crippen LogP contribution in [0, 0.1) is 0 Å². The van der Waals surface area contributed by atoms with Gasteiger partial charge < -0.3 is 14.6 Å². The van der Waals surface area contributed by atoms with Crippen LogP contribution < -0.4 is 10.2 Å². The summed E-state index contributed by atoms with van der Waals surface area (Å²) in [6.45, 7) is 0.226. The van der Waals surface area contributed by atoms with E-state index in [9.17, 15) is 4.79 Å². The van der Waals surface area contributed by atoms with Crippen molar-refractivity contribution in [2.24, 2.45) is 0 Å². The Kier molecular flexibility index (Phi) is 2.76. The number of para-hydroxylation sites is 2. The van der Waals surface area contributed by atoms with Crippen molar-refractivity contribution in [1.82, 2.24) is 10.3 Å². The molecule has 0 bridgehead atoms. The summed E-state index contributed by atoms with van der Waals surface area (Å²) < 4.78 is 5.51. The maximum Gasteiger partial charge on any atom is 0.298 e. The van der Waals surface area contributed by atoms with Crippen molar-refractivity contribution in [3.8, 4) is 0 Å². The van der Waals surface area contributed by atoms with Gasteiger partial charge in [0.05, 0.1) is 0 Å². The van der Waals surface area contributed by atoms with Crippen LogP contribution in [0.25, 0.3) is 11.1 Å². The Bertz CT molecular complexity index is 474. The molecule has 0 aliphatic heterocycles. The standard InChI is InChI=1S/C11H13N3O2/c1-12-10(15)7-14(2)11-13-8-5-3-4-6-9(8)16-11/h3-6H,7H2,1-2H3,(H,12,15). The van der Waals surface area contributed by atoms with Crippen molar-refractivity contribution in [2.75, 3.05) is 25.5 Å². The summed E-state index contributed by atoms with van der Waals surface area (Å²) in [4.78, 5) is 17.1. The fraction of sp³-hybridized carbons (Fsp3) is 0.273. The van der Waals surface area contributed by atoms with E-state index >= 15 is 0 Å². The van der Waals surface area contributed by atoms with Gasteiger partial charge in [0, 0.05) is 14.1 Å². The molecule has 2 rings (SSSR count). The van der Waals surface area contributed by atoms with E-state index in [1.807, 2.05) is 24.3 Å². The lowest BCUT2D eigenvalue weighted by Gasteiger charge is -2.12. The number of carbonyl (C=O) groups is 1. The van der Waals surface area contributed by atoms with Crippen molar-refractivity contribution >= 4 is 23.0 Å². The van der Waals surface area contributed by atoms with Crippen LogP contribution in [0.3, 0.4) is 0 Å². The van der Waals surface area contributed by atoms with Crippen LogP contribution in [-0.4, -0.2) is 31.5 Å². The first-order valence-electron chi connectivity index (χ1n) is 4.98. The molecule has 0 saturated heterocycles. The maximum atomic E-state index is 11.2. The summed E-state index contributed by atoms with van der Waals surface area (Å²) >= 11 is 0. The third kappa shape index (κ3) is 1.98. The molecule has 5 nitrogen and oxygen atoms in total. The Morgan fingerprint density at radius 1 is 1.50 bits per heavy atom. The second-order valence-corrected chi connectivity index (χ2v) is 3.49. The van der Waals surface area contributed by atoms with E-state index in [4.69, 9.17) is 4.42 Å². The number of fused-ring (bicyclic) bond motifs is 1. The number of carbonyl (C=O) groups excluding carboxylic acids is 1. The van der Waals surface area contributed by atoms with Crippen LogP contribution in [0.2, 0.25) is 0 Å². The molecule has 0 fully saturated rings. The highest BCUT2D eigenvalue weighted by molar-refractivity contribution is 5.81. The van der Waals surface area contributed by atoms with Gasteiger partial charge in [0.15, 0.2) is 5.58 Å². The lowest BCUT2D eigenvalue weighted by atomic mass is 10.3. The van der Waals surface area contributed by atoms with Crippen LogP contribution in [0.4, 0.5) is 6.01 Å². The van der Waals surface area contributed by atoms with Gasteiger partial charge in [-0.15, -0.1) is 0 Å². The number of aromatic nitrogens is 1. The Labute approximate surface area is 93.1 Å². The molecule has 0 aliphatic rings. The summed E-state index contributed by atoms with van der Waals surface area (Å²) in [5.41, 5.74) is 1.52. The number of benzene rings is 1. The Morgan fingerprint density at radius 3 is 2.94 bits per heavy atom. The second-order valence-electron chi connectivity index (χ2n) is 3.49. The van der Waals surface area contributed by atoms with Crippen LogP contribution >= 0.6 is 0 Å². The van der Waals surface area contributed by atoms with Crippen LogP contribution in [0.15, 0.2) is 28.7 Å². The molecule has 0 spiro atoms. The van der Waals surface area contributed by atoms with Gasteiger partial charge in [0.1, 0.15) is 12.1 Å². The van der Waals surface area contributed by atoms with Gasteiger partial charge in [-0.05, 0) is 12.1 Å². The van der Waals surface area contributed by atoms with Gasteiger partial charge in [-0.2, -0.15) is 4.98 Å². The van der Waals surface area contributed by atoms with Crippen LogP contribution in [0.5, 0.6) is 0 Å². The molecule has 84 valence electrons. The highest BCUT2D eigenvalue weighted by atomic mass is 16.4. The van der Waals surface area contributed by atoms with Crippen molar-refractivity contribution < 1.29 is 9.21 Å². The van der Waals surface area contributed by atoms with Crippen molar-refractivity contribution in [3.05, 3.63) is 24.3 Å².